The van der Waals surface area contributed by atoms with Crippen LogP contribution in [0, 0.1) is 35.5 Å². The van der Waals surface area contributed by atoms with E-state index in [1.54, 1.807) is 0 Å². The molecule has 128 valence electrons. The van der Waals surface area contributed by atoms with E-state index in [1.807, 2.05) is 13.0 Å². The first-order chi connectivity index (χ1) is 11.0. The number of carbonyl (C=O) groups excluding carboxylic acids is 1. The summed E-state index contributed by atoms with van der Waals surface area (Å²) in [5.41, 5.74) is 0. The van der Waals surface area contributed by atoms with Crippen molar-refractivity contribution in [3.05, 3.63) is 24.8 Å². The molecule has 1 aliphatic carbocycles. The molecule has 0 bridgehead atoms. The Hall–Kier alpha value is -1.33. The summed E-state index contributed by atoms with van der Waals surface area (Å²) in [6.07, 6.45) is 10.3. The zero-order valence-electron chi connectivity index (χ0n) is 14.9. The average Bonchev–Trinajstić information content (AvgIpc) is 2.50. The van der Waals surface area contributed by atoms with E-state index in [4.69, 9.17) is 0 Å². The van der Waals surface area contributed by atoms with Gasteiger partial charge in [-0.1, -0.05) is 32.1 Å². The first kappa shape index (κ1) is 19.7. The number of carbonyl (C=O) groups is 1. The zero-order chi connectivity index (χ0) is 17.2. The minimum atomic E-state index is -0.606. The predicted octanol–water partition coefficient (Wildman–Crippen LogP) is 4.54. The largest absolute Gasteiger partial charge is 0.392 e. The molecule has 0 amide bonds. The summed E-state index contributed by atoms with van der Waals surface area (Å²) in [6, 6.07) is 0. The second-order valence-corrected chi connectivity index (χ2v) is 6.96. The summed E-state index contributed by atoms with van der Waals surface area (Å²) in [4.78, 5) is 12.4. The minimum Gasteiger partial charge on any atom is -0.392 e. The molecule has 2 heteroatoms. The number of ketones is 1. The Morgan fingerprint density at radius 3 is 2.78 bits per heavy atom. The van der Waals surface area contributed by atoms with Crippen LogP contribution in [0.2, 0.25) is 0 Å². The Labute approximate surface area is 142 Å². The van der Waals surface area contributed by atoms with Crippen molar-refractivity contribution in [3.8, 4) is 11.8 Å². The van der Waals surface area contributed by atoms with Crippen LogP contribution in [0.15, 0.2) is 24.8 Å². The van der Waals surface area contributed by atoms with Crippen LogP contribution in [-0.4, -0.2) is 17.0 Å². The van der Waals surface area contributed by atoms with Crippen LogP contribution in [0.3, 0.4) is 0 Å². The van der Waals surface area contributed by atoms with Gasteiger partial charge in [-0.05, 0) is 50.4 Å². The molecule has 0 aromatic rings. The molecule has 0 aromatic heterocycles. The lowest BCUT2D eigenvalue weighted by atomic mass is 9.70. The fourth-order valence-corrected chi connectivity index (χ4v) is 3.49. The van der Waals surface area contributed by atoms with Gasteiger partial charge in [-0.25, -0.2) is 0 Å². The lowest BCUT2D eigenvalue weighted by Gasteiger charge is -2.36. The molecule has 2 nitrogen and oxygen atoms in total. The Morgan fingerprint density at radius 2 is 2.17 bits per heavy atom. The van der Waals surface area contributed by atoms with E-state index in [1.165, 1.54) is 0 Å². The van der Waals surface area contributed by atoms with E-state index in [9.17, 15) is 9.90 Å². The maximum absolute atomic E-state index is 12.4. The highest BCUT2D eigenvalue weighted by Gasteiger charge is 2.39. The van der Waals surface area contributed by atoms with Gasteiger partial charge >= 0.3 is 0 Å². The third kappa shape index (κ3) is 6.36. The van der Waals surface area contributed by atoms with Gasteiger partial charge < -0.3 is 5.11 Å². The van der Waals surface area contributed by atoms with Crippen molar-refractivity contribution in [2.24, 2.45) is 23.7 Å². The van der Waals surface area contributed by atoms with Gasteiger partial charge in [0.2, 0.25) is 0 Å². The van der Waals surface area contributed by atoms with Gasteiger partial charge in [-0.2, -0.15) is 0 Å². The van der Waals surface area contributed by atoms with Gasteiger partial charge in [-0.3, -0.25) is 4.79 Å². The molecule has 0 spiro atoms. The molecule has 0 aromatic carbocycles. The molecular formula is C21H32O2. The number of aliphatic hydroxyl groups is 1. The van der Waals surface area contributed by atoms with E-state index < -0.39 is 6.10 Å². The normalized spacial score (nSPS) is 24.3. The number of hydrogen-bond donors (Lipinski definition) is 1. The topological polar surface area (TPSA) is 37.3 Å². The monoisotopic (exact) mass is 316 g/mol. The maximum Gasteiger partial charge on any atom is 0.138 e. The molecule has 1 fully saturated rings. The molecule has 0 saturated heterocycles. The van der Waals surface area contributed by atoms with Crippen molar-refractivity contribution in [1.29, 1.82) is 0 Å². The second kappa shape index (κ2) is 10.4. The molecular weight excluding hydrogens is 284 g/mol. The number of hydrogen-bond acceptors (Lipinski definition) is 2. The third-order valence-electron chi connectivity index (χ3n) is 4.70. The van der Waals surface area contributed by atoms with Gasteiger partial charge in [0, 0.05) is 18.8 Å². The van der Waals surface area contributed by atoms with Crippen LogP contribution < -0.4 is 0 Å². The summed E-state index contributed by atoms with van der Waals surface area (Å²) in [7, 11) is 0. The number of aliphatic hydroxyl groups excluding tert-OH is 1. The van der Waals surface area contributed by atoms with Gasteiger partial charge in [-0.15, -0.1) is 18.4 Å². The smallest absolute Gasteiger partial charge is 0.138 e. The van der Waals surface area contributed by atoms with Crippen molar-refractivity contribution in [3.63, 3.8) is 0 Å². The average molecular weight is 316 g/mol. The Balaban J connectivity index is 2.89. The summed E-state index contributed by atoms with van der Waals surface area (Å²) in [5, 5.41) is 10.9. The summed E-state index contributed by atoms with van der Waals surface area (Å²) in [6.45, 7) is 9.90. The fourth-order valence-electron chi connectivity index (χ4n) is 3.49. The van der Waals surface area contributed by atoms with Crippen LogP contribution in [0.4, 0.5) is 0 Å². The standard InChI is InChI=1S/C21H32O2/c1-5-7-12-18(14-8-11-16(3)4)21(23)20-17(10-6-2)13-9-15-19(20)22/h6,8,11,16-18,20-21,23H,2,9-10,12-15H2,1,3-4H3/b11-8+/t17?,18-,20+,21?/m0/s1. The highest BCUT2D eigenvalue weighted by molar-refractivity contribution is 5.82. The number of rotatable bonds is 8. The first-order valence-corrected chi connectivity index (χ1v) is 8.89. The highest BCUT2D eigenvalue weighted by atomic mass is 16.3. The molecule has 4 atom stereocenters. The first-order valence-electron chi connectivity index (χ1n) is 8.89. The van der Waals surface area contributed by atoms with Crippen LogP contribution >= 0.6 is 0 Å². The number of allylic oxidation sites excluding steroid dienone is 3. The Kier molecular flexibility index (Phi) is 8.95. The van der Waals surface area contributed by atoms with Crippen LogP contribution in [0.1, 0.15) is 59.3 Å². The van der Waals surface area contributed by atoms with Gasteiger partial charge in [0.15, 0.2) is 0 Å². The van der Waals surface area contributed by atoms with Crippen molar-refractivity contribution in [2.75, 3.05) is 0 Å². The van der Waals surface area contributed by atoms with Gasteiger partial charge in [0.25, 0.3) is 0 Å². The lowest BCUT2D eigenvalue weighted by Crippen LogP contribution is -2.41. The van der Waals surface area contributed by atoms with Crippen LogP contribution in [0.5, 0.6) is 0 Å². The molecule has 0 heterocycles. The van der Waals surface area contributed by atoms with Crippen molar-refractivity contribution >= 4 is 5.78 Å². The molecule has 1 aliphatic rings. The number of Topliss-reactive ketones (excluding diaryl/α,β-unsaturated/α-hetero) is 1. The molecule has 1 rings (SSSR count). The predicted molar refractivity (Wildman–Crippen MR) is 96.8 cm³/mol. The summed E-state index contributed by atoms with van der Waals surface area (Å²) < 4.78 is 0. The molecule has 23 heavy (non-hydrogen) atoms. The molecule has 1 N–H and O–H groups in total. The van der Waals surface area contributed by atoms with Crippen LogP contribution in [-0.2, 0) is 4.79 Å². The lowest BCUT2D eigenvalue weighted by molar-refractivity contribution is -0.133. The van der Waals surface area contributed by atoms with E-state index in [-0.39, 0.29) is 23.5 Å². The Bertz CT molecular complexity index is 464. The molecule has 0 radical (unpaired) electrons. The summed E-state index contributed by atoms with van der Waals surface area (Å²) in [5.74, 6) is 6.73. The molecule has 0 aliphatic heterocycles. The third-order valence-corrected chi connectivity index (χ3v) is 4.70. The van der Waals surface area contributed by atoms with E-state index in [0.29, 0.717) is 18.8 Å². The Morgan fingerprint density at radius 1 is 1.43 bits per heavy atom. The zero-order valence-corrected chi connectivity index (χ0v) is 14.9. The van der Waals surface area contributed by atoms with Gasteiger partial charge in [0.05, 0.1) is 6.10 Å². The highest BCUT2D eigenvalue weighted by Crippen LogP contribution is 2.36. The molecule has 1 saturated carbocycles. The van der Waals surface area contributed by atoms with E-state index >= 15 is 0 Å². The maximum atomic E-state index is 12.4. The minimum absolute atomic E-state index is 0.0248. The van der Waals surface area contributed by atoms with E-state index in [2.05, 4.69) is 44.4 Å². The quantitative estimate of drug-likeness (QED) is 0.527. The van der Waals surface area contributed by atoms with Crippen molar-refractivity contribution < 1.29 is 9.90 Å². The van der Waals surface area contributed by atoms with E-state index in [0.717, 1.165) is 25.7 Å². The second-order valence-electron chi connectivity index (χ2n) is 6.96. The van der Waals surface area contributed by atoms with Crippen LogP contribution in [0.25, 0.3) is 0 Å². The van der Waals surface area contributed by atoms with Crippen molar-refractivity contribution in [1.82, 2.24) is 0 Å². The molecule has 2 unspecified atom stereocenters. The SMILES string of the molecule is C=CCC1CCCC(=O)[C@@H]1C(O)[C@@H](CC#CC)C/C=C/C(C)C. The van der Waals surface area contributed by atoms with Crippen molar-refractivity contribution in [2.45, 2.75) is 65.4 Å². The summed E-state index contributed by atoms with van der Waals surface area (Å²) >= 11 is 0. The van der Waals surface area contributed by atoms with Gasteiger partial charge in [0.1, 0.15) is 5.78 Å². The fraction of sp³-hybridized carbons (Fsp3) is 0.667.